The number of aromatic nitrogens is 4. The van der Waals surface area contributed by atoms with Crippen molar-refractivity contribution >= 4 is 40.2 Å². The Bertz CT molecular complexity index is 1380. The Hall–Kier alpha value is -3.55. The second-order valence-corrected chi connectivity index (χ2v) is 8.24. The maximum atomic E-state index is 12.5. The molecule has 6 nitrogen and oxygen atoms in total. The van der Waals surface area contributed by atoms with Gasteiger partial charge in [-0.3, -0.25) is 4.79 Å². The summed E-state index contributed by atoms with van der Waals surface area (Å²) < 4.78 is 1.74. The smallest absolute Gasteiger partial charge is 0.228 e. The first-order valence-electron chi connectivity index (χ1n) is 9.57. The van der Waals surface area contributed by atoms with Crippen LogP contribution in [0.3, 0.4) is 0 Å². The first-order valence-corrected chi connectivity index (χ1v) is 10.8. The summed E-state index contributed by atoms with van der Waals surface area (Å²) >= 11 is 7.75. The summed E-state index contributed by atoms with van der Waals surface area (Å²) in [6, 6.07) is 22.7. The summed E-state index contributed by atoms with van der Waals surface area (Å²) in [4.78, 5) is 13.5. The van der Waals surface area contributed by atoms with Gasteiger partial charge in [-0.15, -0.1) is 21.5 Å². The zero-order valence-corrected chi connectivity index (χ0v) is 17.8. The molecule has 0 radical (unpaired) electrons. The van der Waals surface area contributed by atoms with Gasteiger partial charge in [0, 0.05) is 16.3 Å². The Labute approximate surface area is 187 Å². The average molecular weight is 446 g/mol. The lowest BCUT2D eigenvalue weighted by molar-refractivity contribution is -0.115. The van der Waals surface area contributed by atoms with Gasteiger partial charge in [-0.25, -0.2) is 0 Å². The minimum atomic E-state index is -0.132. The van der Waals surface area contributed by atoms with Crippen LogP contribution >= 0.6 is 22.9 Å². The summed E-state index contributed by atoms with van der Waals surface area (Å²) in [6.07, 6.45) is 0.207. The number of hydrogen-bond donors (Lipinski definition) is 1. The molecule has 0 fully saturated rings. The van der Waals surface area contributed by atoms with Crippen LogP contribution in [-0.2, 0) is 11.2 Å². The summed E-state index contributed by atoms with van der Waals surface area (Å²) in [5, 5.41) is 18.7. The molecule has 5 rings (SSSR count). The molecule has 0 saturated carbocycles. The summed E-state index contributed by atoms with van der Waals surface area (Å²) in [5.41, 5.74) is 3.80. The van der Waals surface area contributed by atoms with E-state index >= 15 is 0 Å². The molecule has 0 unspecified atom stereocenters. The Morgan fingerprint density at radius 2 is 1.90 bits per heavy atom. The molecular formula is C23H16ClN5OS. The van der Waals surface area contributed by atoms with Crippen molar-refractivity contribution in [3.8, 4) is 22.0 Å². The Morgan fingerprint density at radius 1 is 1.00 bits per heavy atom. The molecular weight excluding hydrogens is 430 g/mol. The van der Waals surface area contributed by atoms with Crippen LogP contribution in [0.2, 0.25) is 5.02 Å². The topological polar surface area (TPSA) is 72.2 Å². The van der Waals surface area contributed by atoms with Gasteiger partial charge in [-0.05, 0) is 47.3 Å². The van der Waals surface area contributed by atoms with Gasteiger partial charge in [-0.1, -0.05) is 48.0 Å². The van der Waals surface area contributed by atoms with Crippen molar-refractivity contribution < 1.29 is 4.79 Å². The third-order valence-corrected chi connectivity index (χ3v) is 5.99. The maximum Gasteiger partial charge on any atom is 0.228 e. The lowest BCUT2D eigenvalue weighted by Gasteiger charge is -2.09. The van der Waals surface area contributed by atoms with E-state index < -0.39 is 0 Å². The van der Waals surface area contributed by atoms with Crippen LogP contribution in [0.4, 0.5) is 5.69 Å². The zero-order valence-electron chi connectivity index (χ0n) is 16.2. The van der Waals surface area contributed by atoms with Crippen molar-refractivity contribution in [2.45, 2.75) is 6.42 Å². The zero-order chi connectivity index (χ0) is 21.2. The van der Waals surface area contributed by atoms with E-state index in [4.69, 9.17) is 16.7 Å². The van der Waals surface area contributed by atoms with E-state index in [1.807, 2.05) is 72.1 Å². The quantitative estimate of drug-likeness (QED) is 0.395. The van der Waals surface area contributed by atoms with Crippen molar-refractivity contribution in [2.75, 3.05) is 5.32 Å². The molecule has 8 heteroatoms. The fourth-order valence-electron chi connectivity index (χ4n) is 3.28. The molecule has 3 heterocycles. The number of carbonyl (C=O) groups is 1. The van der Waals surface area contributed by atoms with Gasteiger partial charge in [0.05, 0.1) is 17.0 Å². The molecule has 0 atom stereocenters. The standard InChI is InChI=1S/C23H16ClN5OS/c24-18-8-2-1-5-15(18)14-22(30)25-17-7-3-6-16(13-17)19-10-11-21-26-27-23(29(21)28-19)20-9-4-12-31-20/h1-13H,14H2,(H,25,30). The molecule has 5 aromatic rings. The number of amides is 1. The predicted octanol–water partition coefficient (Wildman–Crippen LogP) is 5.35. The molecule has 1 amide bonds. The number of nitrogens with one attached hydrogen (secondary N) is 1. The third kappa shape index (κ3) is 4.05. The summed E-state index contributed by atoms with van der Waals surface area (Å²) in [7, 11) is 0. The molecule has 0 spiro atoms. The van der Waals surface area contributed by atoms with Gasteiger partial charge in [0.15, 0.2) is 11.5 Å². The first-order chi connectivity index (χ1) is 15.2. The van der Waals surface area contributed by atoms with E-state index in [1.165, 1.54) is 0 Å². The molecule has 0 aliphatic rings. The van der Waals surface area contributed by atoms with Crippen LogP contribution in [0.1, 0.15) is 5.56 Å². The van der Waals surface area contributed by atoms with E-state index in [-0.39, 0.29) is 12.3 Å². The number of rotatable bonds is 5. The summed E-state index contributed by atoms with van der Waals surface area (Å²) in [6.45, 7) is 0. The molecule has 152 valence electrons. The predicted molar refractivity (Wildman–Crippen MR) is 123 cm³/mol. The fraction of sp³-hybridized carbons (Fsp3) is 0.0435. The highest BCUT2D eigenvalue weighted by atomic mass is 35.5. The molecule has 3 aromatic heterocycles. The minimum Gasteiger partial charge on any atom is -0.326 e. The van der Waals surface area contributed by atoms with Gasteiger partial charge < -0.3 is 5.32 Å². The van der Waals surface area contributed by atoms with Gasteiger partial charge in [0.25, 0.3) is 0 Å². The largest absolute Gasteiger partial charge is 0.326 e. The average Bonchev–Trinajstić information content (AvgIpc) is 3.44. The van der Waals surface area contributed by atoms with Gasteiger partial charge in [0.2, 0.25) is 5.91 Å². The number of anilines is 1. The van der Waals surface area contributed by atoms with Crippen LogP contribution in [0, 0.1) is 0 Å². The Kier molecular flexibility index (Phi) is 5.19. The van der Waals surface area contributed by atoms with Crippen LogP contribution in [0.15, 0.2) is 78.2 Å². The van der Waals surface area contributed by atoms with Gasteiger partial charge in [-0.2, -0.15) is 9.61 Å². The van der Waals surface area contributed by atoms with Crippen LogP contribution < -0.4 is 5.32 Å². The van der Waals surface area contributed by atoms with Crippen molar-refractivity contribution in [3.63, 3.8) is 0 Å². The Balaban J connectivity index is 1.41. The van der Waals surface area contributed by atoms with Crippen molar-refractivity contribution in [2.24, 2.45) is 0 Å². The molecule has 31 heavy (non-hydrogen) atoms. The maximum absolute atomic E-state index is 12.5. The number of fused-ring (bicyclic) bond motifs is 1. The number of carbonyl (C=O) groups excluding carboxylic acids is 1. The highest BCUT2D eigenvalue weighted by molar-refractivity contribution is 7.13. The highest BCUT2D eigenvalue weighted by Crippen LogP contribution is 2.26. The molecule has 2 aromatic carbocycles. The lowest BCUT2D eigenvalue weighted by atomic mass is 10.1. The second-order valence-electron chi connectivity index (χ2n) is 6.89. The van der Waals surface area contributed by atoms with Crippen molar-refractivity contribution in [1.29, 1.82) is 0 Å². The molecule has 0 bridgehead atoms. The monoisotopic (exact) mass is 445 g/mol. The number of thiophene rings is 1. The summed E-state index contributed by atoms with van der Waals surface area (Å²) in [5.74, 6) is 0.573. The van der Waals surface area contributed by atoms with E-state index in [1.54, 1.807) is 21.9 Å². The van der Waals surface area contributed by atoms with E-state index in [9.17, 15) is 4.79 Å². The minimum absolute atomic E-state index is 0.132. The van der Waals surface area contributed by atoms with Crippen LogP contribution in [0.5, 0.6) is 0 Å². The number of hydrogen-bond acceptors (Lipinski definition) is 5. The van der Waals surface area contributed by atoms with E-state index in [0.29, 0.717) is 22.2 Å². The second kappa shape index (κ2) is 8.29. The molecule has 0 saturated heterocycles. The van der Waals surface area contributed by atoms with Crippen LogP contribution in [-0.4, -0.2) is 25.7 Å². The highest BCUT2D eigenvalue weighted by Gasteiger charge is 2.12. The third-order valence-electron chi connectivity index (χ3n) is 4.76. The SMILES string of the molecule is O=C(Cc1ccccc1Cl)Nc1cccc(-c2ccc3nnc(-c4cccs4)n3n2)c1. The lowest BCUT2D eigenvalue weighted by Crippen LogP contribution is -2.14. The van der Waals surface area contributed by atoms with Crippen molar-refractivity contribution in [3.05, 3.63) is 88.8 Å². The molecule has 1 N–H and O–H groups in total. The number of nitrogens with zero attached hydrogens (tertiary/aromatic N) is 4. The number of halogens is 1. The van der Waals surface area contributed by atoms with E-state index in [0.717, 1.165) is 21.7 Å². The van der Waals surface area contributed by atoms with E-state index in [2.05, 4.69) is 15.5 Å². The first kappa shape index (κ1) is 19.4. The van der Waals surface area contributed by atoms with Gasteiger partial charge >= 0.3 is 0 Å². The molecule has 0 aliphatic heterocycles. The normalized spacial score (nSPS) is 11.0. The van der Waals surface area contributed by atoms with Crippen molar-refractivity contribution in [1.82, 2.24) is 19.8 Å². The molecule has 0 aliphatic carbocycles. The fourth-order valence-corrected chi connectivity index (χ4v) is 4.17. The van der Waals surface area contributed by atoms with Crippen LogP contribution in [0.25, 0.3) is 27.6 Å². The number of benzene rings is 2. The van der Waals surface area contributed by atoms with Gasteiger partial charge in [0.1, 0.15) is 0 Å². The Morgan fingerprint density at radius 3 is 2.74 bits per heavy atom.